The third-order valence-corrected chi connectivity index (χ3v) is 13.9. The summed E-state index contributed by atoms with van der Waals surface area (Å²) in [4.78, 5) is 149. The van der Waals surface area contributed by atoms with Crippen molar-refractivity contribution in [2.24, 2.45) is 29.0 Å². The average Bonchev–Trinajstić information content (AvgIpc) is 3.99. The molecule has 16 N–H and O–H groups in total. The molecule has 0 bridgehead atoms. The molecule has 25 heteroatoms. The Morgan fingerprint density at radius 2 is 1.06 bits per heavy atom. The number of carboxylic acids is 3. The lowest BCUT2D eigenvalue weighted by atomic mass is 9.95. The number of rotatable bonds is 37. The molecule has 81 heavy (non-hydrogen) atoms. The van der Waals surface area contributed by atoms with Crippen LogP contribution < -0.4 is 54.4 Å². The van der Waals surface area contributed by atoms with Crippen molar-refractivity contribution in [2.45, 2.75) is 178 Å². The molecule has 2 aromatic carbocycles. The molecule has 1 fully saturated rings. The molecule has 25 nitrogen and oxygen atoms in total. The van der Waals surface area contributed by atoms with Crippen molar-refractivity contribution in [1.29, 1.82) is 0 Å². The zero-order chi connectivity index (χ0) is 60.2. The molecule has 0 unspecified atom stereocenters. The van der Waals surface area contributed by atoms with Gasteiger partial charge in [-0.15, -0.1) is 0 Å². The van der Waals surface area contributed by atoms with Gasteiger partial charge in [-0.1, -0.05) is 94.8 Å². The van der Waals surface area contributed by atoms with E-state index in [9.17, 15) is 63.0 Å². The number of nitrogens with zero attached hydrogens (tertiary/aromatic N) is 1. The zero-order valence-electron chi connectivity index (χ0n) is 46.9. The monoisotopic (exact) mass is 1140 g/mol. The van der Waals surface area contributed by atoms with Gasteiger partial charge in [0.1, 0.15) is 48.3 Å². The highest BCUT2D eigenvalue weighted by atomic mass is 16.4. The van der Waals surface area contributed by atoms with E-state index >= 15 is 0 Å². The van der Waals surface area contributed by atoms with Gasteiger partial charge in [0.25, 0.3) is 0 Å². The predicted octanol–water partition coefficient (Wildman–Crippen LogP) is -0.0420. The Balaban J connectivity index is 1.89. The van der Waals surface area contributed by atoms with Crippen molar-refractivity contribution in [3.63, 3.8) is 0 Å². The summed E-state index contributed by atoms with van der Waals surface area (Å²) in [6.45, 7) is 7.65. The number of nitrogens with one attached hydrogen (secondary N) is 7. The first-order valence-electron chi connectivity index (χ1n) is 27.8. The molecule has 1 heterocycles. The van der Waals surface area contributed by atoms with E-state index in [1.165, 1.54) is 0 Å². The van der Waals surface area contributed by atoms with Gasteiger partial charge in [0.05, 0.1) is 12.5 Å². The maximum absolute atomic E-state index is 14.5. The third kappa shape index (κ3) is 23.6. The molecule has 0 aromatic heterocycles. The molecule has 1 saturated heterocycles. The lowest BCUT2D eigenvalue weighted by Gasteiger charge is -2.31. The molecule has 0 spiro atoms. The van der Waals surface area contributed by atoms with E-state index in [4.69, 9.17) is 22.3 Å². The Hall–Kier alpha value is -7.51. The van der Waals surface area contributed by atoms with E-state index < -0.39 is 145 Å². The molecule has 1 aliphatic rings. The molecule has 448 valence electrons. The fraction of sp³-hybridized carbons (Fsp3) is 0.589. The quantitative estimate of drug-likeness (QED) is 0.0395. The molecule has 1 aliphatic heterocycles. The lowest BCUT2D eigenvalue weighted by molar-refractivity contribution is -0.146. The van der Waals surface area contributed by atoms with E-state index in [1.807, 2.05) is 44.2 Å². The van der Waals surface area contributed by atoms with Crippen molar-refractivity contribution in [2.75, 3.05) is 19.6 Å². The summed E-state index contributed by atoms with van der Waals surface area (Å²) in [5.41, 5.74) is 19.0. The maximum atomic E-state index is 14.5. The summed E-state index contributed by atoms with van der Waals surface area (Å²) in [6.07, 6.45) is 0.534. The van der Waals surface area contributed by atoms with Crippen molar-refractivity contribution in [3.05, 3.63) is 71.8 Å². The van der Waals surface area contributed by atoms with Crippen LogP contribution in [0.3, 0.4) is 0 Å². The number of unbranched alkanes of at least 4 members (excludes halogenated alkanes) is 2. The molecule has 0 radical (unpaired) electrons. The summed E-state index contributed by atoms with van der Waals surface area (Å²) in [6, 6.07) is 5.55. The Labute approximate surface area is 472 Å². The second-order valence-corrected chi connectivity index (χ2v) is 21.0. The van der Waals surface area contributed by atoms with Crippen LogP contribution in [0.4, 0.5) is 0 Å². The number of nitrogens with two attached hydrogens (primary N) is 3. The van der Waals surface area contributed by atoms with Crippen LogP contribution in [0.5, 0.6) is 0 Å². The Morgan fingerprint density at radius 1 is 0.568 bits per heavy atom. The molecule has 0 saturated carbocycles. The molecule has 8 amide bonds. The van der Waals surface area contributed by atoms with Crippen LogP contribution in [0.2, 0.25) is 0 Å². The van der Waals surface area contributed by atoms with Gasteiger partial charge in [-0.25, -0.2) is 4.79 Å². The summed E-state index contributed by atoms with van der Waals surface area (Å²) >= 11 is 0. The van der Waals surface area contributed by atoms with Crippen LogP contribution in [0, 0.1) is 11.8 Å². The van der Waals surface area contributed by atoms with Crippen molar-refractivity contribution >= 4 is 65.2 Å². The number of carbonyl (C=O) groups excluding carboxylic acids is 8. The molecular formula is C56H85N11O14. The SMILES string of the molecule is CC[C@H](C)[C@H](NC(=O)[C@H](CC(C)C)NC(=O)[C@@H](N)Cc1ccccc1)C(=O)N[C@@H](Cc1ccccc1)C(=O)N[C@@H](CC(=O)O)C(=O)N1CCC[C@H]1C(=O)N[C@@H](CCCCN)C(=O)N[C@@H](CCCCN)C(=O)N[C@@H](CCC(=O)O)C(=O)O. The number of likely N-dealkylation sites (tertiary alicyclic amines) is 1. The smallest absolute Gasteiger partial charge is 0.326 e. The van der Waals surface area contributed by atoms with Crippen molar-refractivity contribution in [1.82, 2.24) is 42.1 Å². The average molecular weight is 1140 g/mol. The fourth-order valence-corrected chi connectivity index (χ4v) is 9.23. The Morgan fingerprint density at radius 3 is 1.58 bits per heavy atom. The lowest BCUT2D eigenvalue weighted by Crippen LogP contribution is -2.61. The summed E-state index contributed by atoms with van der Waals surface area (Å²) < 4.78 is 0. The summed E-state index contributed by atoms with van der Waals surface area (Å²) in [5.74, 6) is -11.4. The van der Waals surface area contributed by atoms with Gasteiger partial charge < -0.3 is 74.6 Å². The number of carboxylic acid groups (broad SMARTS) is 3. The molecule has 0 aliphatic carbocycles. The number of carbonyl (C=O) groups is 11. The second-order valence-electron chi connectivity index (χ2n) is 21.0. The first-order chi connectivity index (χ1) is 38.5. The second kappa shape index (κ2) is 35.3. The molecule has 2 aromatic rings. The number of benzene rings is 2. The summed E-state index contributed by atoms with van der Waals surface area (Å²) in [5, 5.41) is 47.2. The van der Waals surface area contributed by atoms with Crippen molar-refractivity contribution in [3.8, 4) is 0 Å². The van der Waals surface area contributed by atoms with Crippen LogP contribution >= 0.6 is 0 Å². The first kappa shape index (κ1) is 67.8. The number of hydrogen-bond acceptors (Lipinski definition) is 14. The predicted molar refractivity (Wildman–Crippen MR) is 298 cm³/mol. The normalized spacial score (nSPS) is 16.4. The van der Waals surface area contributed by atoms with Gasteiger partial charge in [0.15, 0.2) is 0 Å². The number of amides is 8. The highest BCUT2D eigenvalue weighted by Crippen LogP contribution is 2.21. The third-order valence-electron chi connectivity index (χ3n) is 13.9. The maximum Gasteiger partial charge on any atom is 0.326 e. The zero-order valence-corrected chi connectivity index (χ0v) is 46.9. The minimum absolute atomic E-state index is 0.00188. The van der Waals surface area contributed by atoms with Crippen LogP contribution in [0.15, 0.2) is 60.7 Å². The fourth-order valence-electron chi connectivity index (χ4n) is 9.23. The van der Waals surface area contributed by atoms with Gasteiger partial charge in [-0.3, -0.25) is 47.9 Å². The number of aliphatic carboxylic acids is 3. The largest absolute Gasteiger partial charge is 0.481 e. The molecular weight excluding hydrogens is 1050 g/mol. The summed E-state index contributed by atoms with van der Waals surface area (Å²) in [7, 11) is 0. The highest BCUT2D eigenvalue weighted by Gasteiger charge is 2.41. The van der Waals surface area contributed by atoms with E-state index in [-0.39, 0.29) is 70.5 Å². The van der Waals surface area contributed by atoms with Gasteiger partial charge in [-0.2, -0.15) is 0 Å². The first-order valence-corrected chi connectivity index (χ1v) is 27.8. The van der Waals surface area contributed by atoms with Crippen LogP contribution in [0.25, 0.3) is 0 Å². The van der Waals surface area contributed by atoms with Crippen LogP contribution in [0.1, 0.15) is 122 Å². The standard InChI is InChI=1S/C56H85N11O14/c1-5-34(4)47(66-52(76)41(29-33(2)3)63-48(72)37(59)30-35-17-8-6-9-18-35)54(78)64-42(31-36-19-10-7-11-20-36)51(75)65-43(32-46(70)71)55(79)67-28-16-23-44(67)53(77)61-39(22-13-15-27-58)49(73)60-38(21-12-14-26-57)50(74)62-40(56(80)81)24-25-45(68)69/h6-11,17-20,33-34,37-44,47H,5,12-16,21-32,57-59H2,1-4H3,(H,60,73)(H,61,77)(H,62,74)(H,63,72)(H,64,78)(H,65,75)(H,66,76)(H,68,69)(H,70,71)(H,80,81)/t34-,37-,38-,39-,40-,41-,42-,43-,44-,47-/m0/s1. The minimum Gasteiger partial charge on any atom is -0.481 e. The highest BCUT2D eigenvalue weighted by molar-refractivity contribution is 5.99. The molecule has 10 atom stereocenters. The van der Waals surface area contributed by atoms with Gasteiger partial charge in [0, 0.05) is 19.4 Å². The van der Waals surface area contributed by atoms with E-state index in [1.54, 1.807) is 44.2 Å². The number of hydrogen-bond donors (Lipinski definition) is 13. The van der Waals surface area contributed by atoms with Crippen LogP contribution in [-0.2, 0) is 65.6 Å². The van der Waals surface area contributed by atoms with Gasteiger partial charge >= 0.3 is 17.9 Å². The van der Waals surface area contributed by atoms with E-state index in [0.717, 1.165) is 10.5 Å². The van der Waals surface area contributed by atoms with E-state index in [2.05, 4.69) is 37.2 Å². The molecule has 3 rings (SSSR count). The van der Waals surface area contributed by atoms with E-state index in [0.29, 0.717) is 37.7 Å². The Kier molecular flexibility index (Phi) is 29.5. The van der Waals surface area contributed by atoms with Gasteiger partial charge in [-0.05, 0) is 107 Å². The Bertz CT molecular complexity index is 2420. The topological polar surface area (TPSA) is 414 Å². The van der Waals surface area contributed by atoms with Crippen molar-refractivity contribution < 1.29 is 68.1 Å². The van der Waals surface area contributed by atoms with Crippen LogP contribution in [-0.4, -0.2) is 159 Å². The minimum atomic E-state index is -1.78. The van der Waals surface area contributed by atoms with Gasteiger partial charge in [0.2, 0.25) is 47.3 Å².